The topological polar surface area (TPSA) is 102 Å². The first-order valence-electron chi connectivity index (χ1n) is 8.24. The summed E-state index contributed by atoms with van der Waals surface area (Å²) in [5, 5.41) is 3.45. The van der Waals surface area contributed by atoms with Crippen molar-refractivity contribution in [2.75, 3.05) is 13.3 Å². The molecule has 1 fully saturated rings. The van der Waals surface area contributed by atoms with Crippen LogP contribution in [-0.2, 0) is 14.0 Å². The first-order chi connectivity index (χ1) is 11.4. The van der Waals surface area contributed by atoms with E-state index >= 15 is 0 Å². The van der Waals surface area contributed by atoms with Gasteiger partial charge < -0.3 is 19.7 Å². The average Bonchev–Trinajstić information content (AvgIpc) is 2.87. The Morgan fingerprint density at radius 1 is 1.54 bits per heavy atom. The molecule has 134 valence electrons. The summed E-state index contributed by atoms with van der Waals surface area (Å²) in [6, 6.07) is 0.0234. The predicted octanol–water partition coefficient (Wildman–Crippen LogP) is 2.30. The van der Waals surface area contributed by atoms with Gasteiger partial charge in [-0.1, -0.05) is 19.0 Å². The van der Waals surface area contributed by atoms with E-state index in [0.29, 0.717) is 22.6 Å². The average molecular weight is 354 g/mol. The summed E-state index contributed by atoms with van der Waals surface area (Å²) in [7, 11) is 1.03. The van der Waals surface area contributed by atoms with Gasteiger partial charge in [-0.3, -0.25) is 0 Å². The number of nitrogens with zero attached hydrogens (tertiary/aromatic N) is 3. The van der Waals surface area contributed by atoms with Crippen molar-refractivity contribution in [1.29, 1.82) is 0 Å². The number of azide groups is 1. The predicted molar refractivity (Wildman–Crippen MR) is 99.4 cm³/mol. The van der Waals surface area contributed by atoms with E-state index in [4.69, 9.17) is 25.3 Å². The Kier molecular flexibility index (Phi) is 9.69. The molecule has 7 nitrogen and oxygen atoms in total. The molecule has 1 heterocycles. The van der Waals surface area contributed by atoms with Gasteiger partial charge in [-0.05, 0) is 32.2 Å². The molecule has 0 bridgehead atoms. The van der Waals surface area contributed by atoms with Gasteiger partial charge in [-0.2, -0.15) is 5.82 Å². The normalized spacial score (nSPS) is 24.0. The van der Waals surface area contributed by atoms with Crippen molar-refractivity contribution in [3.63, 3.8) is 0 Å². The third-order valence-corrected chi connectivity index (χ3v) is 4.87. The van der Waals surface area contributed by atoms with Gasteiger partial charge in [-0.25, -0.2) is 0 Å². The Hall–Kier alpha value is -0.795. The lowest BCUT2D eigenvalue weighted by atomic mass is 9.71. The van der Waals surface area contributed by atoms with Gasteiger partial charge in [0.05, 0.1) is 24.9 Å². The van der Waals surface area contributed by atoms with E-state index in [1.165, 1.54) is 0 Å². The molecule has 0 spiro atoms. The lowest BCUT2D eigenvalue weighted by Gasteiger charge is -2.30. The number of hydrogen-bond donors (Lipinski definition) is 1. The summed E-state index contributed by atoms with van der Waals surface area (Å²) >= 11 is 0. The van der Waals surface area contributed by atoms with Crippen LogP contribution in [-0.4, -0.2) is 50.0 Å². The van der Waals surface area contributed by atoms with Crippen molar-refractivity contribution in [3.05, 3.63) is 10.4 Å². The molecule has 0 aromatic heterocycles. The van der Waals surface area contributed by atoms with Gasteiger partial charge in [0, 0.05) is 24.9 Å². The fourth-order valence-corrected chi connectivity index (χ4v) is 3.36. The van der Waals surface area contributed by atoms with Gasteiger partial charge in [0.2, 0.25) is 7.28 Å². The van der Waals surface area contributed by atoms with Gasteiger partial charge in [0.1, 0.15) is 6.73 Å². The van der Waals surface area contributed by atoms with Crippen LogP contribution in [0.1, 0.15) is 40.5 Å². The van der Waals surface area contributed by atoms with Gasteiger partial charge >= 0.3 is 0 Å². The first kappa shape index (κ1) is 21.2. The van der Waals surface area contributed by atoms with Crippen LogP contribution in [0.4, 0.5) is 0 Å². The number of nitrogens with two attached hydrogens (primary N) is 1. The fourth-order valence-electron chi connectivity index (χ4n) is 2.52. The van der Waals surface area contributed by atoms with Crippen LogP contribution in [0.25, 0.3) is 10.4 Å². The molecule has 0 amide bonds. The molecular weight excluding hydrogens is 326 g/mol. The summed E-state index contributed by atoms with van der Waals surface area (Å²) < 4.78 is 17.6. The maximum atomic E-state index is 8.41. The molecule has 4 unspecified atom stereocenters. The van der Waals surface area contributed by atoms with Crippen molar-refractivity contribution < 1.29 is 14.0 Å². The zero-order valence-corrected chi connectivity index (χ0v) is 16.0. The second-order valence-corrected chi connectivity index (χ2v) is 8.51. The third-order valence-electron chi connectivity index (χ3n) is 3.53. The SMILES string of the molecule is CC(C)OPC(C)(C)CC1OC(BC#CCN)CC1OCN=[N+]=[N-]. The highest BCUT2D eigenvalue weighted by Gasteiger charge is 2.39. The minimum atomic E-state index is -0.0942. The molecule has 9 heteroatoms. The van der Waals surface area contributed by atoms with Crippen LogP contribution >= 0.6 is 8.81 Å². The second kappa shape index (κ2) is 10.9. The molecule has 0 aliphatic carbocycles. The molecular formula is C15H28BN4O3P. The molecule has 1 aliphatic rings. The van der Waals surface area contributed by atoms with Crippen molar-refractivity contribution in [2.45, 2.75) is 70.0 Å². The Labute approximate surface area is 147 Å². The molecule has 0 radical (unpaired) electrons. The molecule has 4 atom stereocenters. The fraction of sp³-hybridized carbons (Fsp3) is 0.867. The number of rotatable bonds is 9. The number of ether oxygens (including phenoxy) is 2. The monoisotopic (exact) mass is 354 g/mol. The van der Waals surface area contributed by atoms with E-state index in [1.54, 1.807) is 0 Å². The molecule has 1 saturated heterocycles. The van der Waals surface area contributed by atoms with Crippen LogP contribution in [0.5, 0.6) is 0 Å². The Balaban J connectivity index is 2.65. The maximum Gasteiger partial charge on any atom is 0.246 e. The molecule has 0 saturated carbocycles. The van der Waals surface area contributed by atoms with E-state index < -0.39 is 0 Å². The van der Waals surface area contributed by atoms with E-state index in [0.717, 1.165) is 12.8 Å². The lowest BCUT2D eigenvalue weighted by molar-refractivity contribution is -0.0181. The van der Waals surface area contributed by atoms with Crippen molar-refractivity contribution in [1.82, 2.24) is 0 Å². The Bertz CT molecular complexity index is 489. The molecule has 1 aliphatic heterocycles. The van der Waals surface area contributed by atoms with E-state index in [-0.39, 0.29) is 36.2 Å². The van der Waals surface area contributed by atoms with Crippen LogP contribution in [0.15, 0.2) is 5.11 Å². The van der Waals surface area contributed by atoms with E-state index in [1.807, 2.05) is 13.8 Å². The van der Waals surface area contributed by atoms with Crippen molar-refractivity contribution in [3.8, 4) is 11.7 Å². The van der Waals surface area contributed by atoms with Gasteiger partial charge in [0.25, 0.3) is 0 Å². The largest absolute Gasteiger partial charge is 0.379 e. The summed E-state index contributed by atoms with van der Waals surface area (Å²) in [5.41, 5.74) is 13.8. The van der Waals surface area contributed by atoms with Crippen molar-refractivity contribution >= 4 is 16.1 Å². The zero-order chi connectivity index (χ0) is 18.0. The highest BCUT2D eigenvalue weighted by atomic mass is 31.1. The zero-order valence-electron chi connectivity index (χ0n) is 15.0. The highest BCUT2D eigenvalue weighted by molar-refractivity contribution is 7.34. The second-order valence-electron chi connectivity index (χ2n) is 6.72. The van der Waals surface area contributed by atoms with Crippen molar-refractivity contribution in [2.24, 2.45) is 10.8 Å². The van der Waals surface area contributed by atoms with Gasteiger partial charge in [0.15, 0.2) is 0 Å². The number of hydrogen-bond acceptors (Lipinski definition) is 5. The van der Waals surface area contributed by atoms with Crippen LogP contribution in [0.3, 0.4) is 0 Å². The molecule has 2 N–H and O–H groups in total. The summed E-state index contributed by atoms with van der Waals surface area (Å²) in [4.78, 5) is 2.73. The highest BCUT2D eigenvalue weighted by Crippen LogP contribution is 2.40. The van der Waals surface area contributed by atoms with Gasteiger partial charge in [-0.15, -0.1) is 5.92 Å². The van der Waals surface area contributed by atoms with Crippen LogP contribution < -0.4 is 5.73 Å². The first-order valence-corrected chi connectivity index (χ1v) is 9.15. The quantitative estimate of drug-likeness (QED) is 0.171. The molecule has 0 aromatic rings. The molecule has 1 rings (SSSR count). The summed E-state index contributed by atoms with van der Waals surface area (Å²) in [6.07, 6.45) is 1.63. The lowest BCUT2D eigenvalue weighted by Crippen LogP contribution is -2.31. The molecule has 0 aromatic carbocycles. The smallest absolute Gasteiger partial charge is 0.246 e. The minimum Gasteiger partial charge on any atom is -0.379 e. The standard InChI is InChI=1S/C15H28BN4O3P/c1-11(2)23-24-15(3,4)9-13-12(21-10-19-20-18)8-14(22-13)16-6-5-7-17/h11-14,16,24H,7-10,17H2,1-4H3. The van der Waals surface area contributed by atoms with Crippen LogP contribution in [0, 0.1) is 11.7 Å². The summed E-state index contributed by atoms with van der Waals surface area (Å²) in [6.45, 7) is 8.79. The molecule has 24 heavy (non-hydrogen) atoms. The maximum absolute atomic E-state index is 8.41. The van der Waals surface area contributed by atoms with Crippen LogP contribution in [0.2, 0.25) is 0 Å². The third kappa shape index (κ3) is 8.35. The Morgan fingerprint density at radius 3 is 2.92 bits per heavy atom. The van der Waals surface area contributed by atoms with E-state index in [2.05, 4.69) is 35.6 Å². The minimum absolute atomic E-state index is 0.00707. The Morgan fingerprint density at radius 2 is 2.29 bits per heavy atom. The summed E-state index contributed by atoms with van der Waals surface area (Å²) in [5.74, 6) is 5.89. The van der Waals surface area contributed by atoms with E-state index in [9.17, 15) is 0 Å².